The summed E-state index contributed by atoms with van der Waals surface area (Å²) in [6, 6.07) is 12.6. The fourth-order valence-electron chi connectivity index (χ4n) is 2.78. The van der Waals surface area contributed by atoms with Crippen LogP contribution < -0.4 is 10.9 Å². The van der Waals surface area contributed by atoms with Crippen molar-refractivity contribution in [2.75, 3.05) is 11.1 Å². The average molecular weight is 411 g/mol. The summed E-state index contributed by atoms with van der Waals surface area (Å²) in [5.41, 5.74) is 1.31. The van der Waals surface area contributed by atoms with Gasteiger partial charge in [0.25, 0.3) is 16.7 Å². The highest BCUT2D eigenvalue weighted by molar-refractivity contribution is 7.99. The quantitative estimate of drug-likeness (QED) is 0.486. The molecule has 4 rings (SSSR count). The molecule has 4 aromatic rings. The first-order valence-electron chi connectivity index (χ1n) is 8.68. The maximum absolute atomic E-state index is 12.8. The SMILES string of the molecule is Cc1c(NC(=O)CSc2nnc(-c3ccco3)o2)c(=O)n(-c2ccccc2)n1C. The maximum Gasteiger partial charge on any atom is 0.295 e. The highest BCUT2D eigenvalue weighted by atomic mass is 32.2. The second kappa shape index (κ2) is 7.84. The number of furan rings is 1. The van der Waals surface area contributed by atoms with Gasteiger partial charge < -0.3 is 14.2 Å². The van der Waals surface area contributed by atoms with Crippen molar-refractivity contribution in [3.63, 3.8) is 0 Å². The fraction of sp³-hybridized carbons (Fsp3) is 0.158. The lowest BCUT2D eigenvalue weighted by molar-refractivity contribution is -0.113. The molecular formula is C19H17N5O4S. The number of carbonyl (C=O) groups excluding carboxylic acids is 1. The van der Waals surface area contributed by atoms with E-state index in [9.17, 15) is 9.59 Å². The van der Waals surface area contributed by atoms with Gasteiger partial charge in [-0.1, -0.05) is 30.0 Å². The van der Waals surface area contributed by atoms with E-state index in [4.69, 9.17) is 8.83 Å². The van der Waals surface area contributed by atoms with Crippen molar-refractivity contribution in [2.45, 2.75) is 12.1 Å². The predicted octanol–water partition coefficient (Wildman–Crippen LogP) is 2.86. The minimum atomic E-state index is -0.348. The summed E-state index contributed by atoms with van der Waals surface area (Å²) >= 11 is 1.08. The molecule has 1 N–H and O–H groups in total. The van der Waals surface area contributed by atoms with E-state index in [2.05, 4.69) is 15.5 Å². The predicted molar refractivity (Wildman–Crippen MR) is 107 cm³/mol. The maximum atomic E-state index is 12.8. The Hall–Kier alpha value is -3.53. The van der Waals surface area contributed by atoms with E-state index in [1.807, 2.05) is 30.3 Å². The number of para-hydroxylation sites is 1. The molecule has 10 heteroatoms. The molecule has 0 radical (unpaired) electrons. The zero-order chi connectivity index (χ0) is 20.4. The Labute approximate surface area is 169 Å². The number of amides is 1. The van der Waals surface area contributed by atoms with Gasteiger partial charge in [-0.3, -0.25) is 14.3 Å². The lowest BCUT2D eigenvalue weighted by Crippen LogP contribution is -2.23. The van der Waals surface area contributed by atoms with Crippen molar-refractivity contribution in [1.82, 2.24) is 19.6 Å². The van der Waals surface area contributed by atoms with Crippen molar-refractivity contribution < 1.29 is 13.6 Å². The van der Waals surface area contributed by atoms with E-state index in [1.54, 1.807) is 30.8 Å². The zero-order valence-corrected chi connectivity index (χ0v) is 16.5. The molecule has 1 amide bonds. The monoisotopic (exact) mass is 411 g/mol. The van der Waals surface area contributed by atoms with Gasteiger partial charge >= 0.3 is 0 Å². The number of benzene rings is 1. The molecule has 0 saturated carbocycles. The summed E-state index contributed by atoms with van der Waals surface area (Å²) < 4.78 is 13.9. The van der Waals surface area contributed by atoms with E-state index in [0.29, 0.717) is 17.1 Å². The first kappa shape index (κ1) is 18.8. The van der Waals surface area contributed by atoms with Gasteiger partial charge in [0.05, 0.1) is 23.4 Å². The molecule has 0 saturated heterocycles. The Morgan fingerprint density at radius 3 is 2.69 bits per heavy atom. The molecule has 0 fully saturated rings. The summed E-state index contributed by atoms with van der Waals surface area (Å²) in [6.07, 6.45) is 1.50. The van der Waals surface area contributed by atoms with E-state index in [0.717, 1.165) is 11.8 Å². The Bertz CT molecular complexity index is 1190. The Kier molecular flexibility index (Phi) is 5.09. The molecular weight excluding hydrogens is 394 g/mol. The van der Waals surface area contributed by atoms with Gasteiger partial charge in [-0.2, -0.15) is 0 Å². The van der Waals surface area contributed by atoms with Crippen LogP contribution in [0.4, 0.5) is 5.69 Å². The Morgan fingerprint density at radius 1 is 1.17 bits per heavy atom. The van der Waals surface area contributed by atoms with Crippen molar-refractivity contribution in [1.29, 1.82) is 0 Å². The van der Waals surface area contributed by atoms with Crippen LogP contribution in [0.25, 0.3) is 17.3 Å². The summed E-state index contributed by atoms with van der Waals surface area (Å²) in [7, 11) is 1.77. The second-order valence-corrected chi connectivity index (χ2v) is 7.05. The van der Waals surface area contributed by atoms with Gasteiger partial charge in [0.15, 0.2) is 5.76 Å². The standard InChI is InChI=1S/C19H17N5O4S/c1-12-16(18(26)24(23(12)2)13-7-4-3-5-8-13)20-15(25)11-29-19-22-21-17(28-19)14-9-6-10-27-14/h3-10H,11H2,1-2H3,(H,20,25). The van der Waals surface area contributed by atoms with Gasteiger partial charge in [0.2, 0.25) is 5.91 Å². The van der Waals surface area contributed by atoms with Gasteiger partial charge in [-0.05, 0) is 31.2 Å². The molecule has 148 valence electrons. The summed E-state index contributed by atoms with van der Waals surface area (Å²) in [5.74, 6) is 0.357. The average Bonchev–Trinajstić information content (AvgIpc) is 3.45. The van der Waals surface area contributed by atoms with Crippen LogP contribution in [-0.4, -0.2) is 31.2 Å². The van der Waals surface area contributed by atoms with Crippen LogP contribution in [0.15, 0.2) is 67.6 Å². The number of hydrogen-bond acceptors (Lipinski definition) is 7. The van der Waals surface area contributed by atoms with Crippen LogP contribution in [0.1, 0.15) is 5.69 Å². The highest BCUT2D eigenvalue weighted by Gasteiger charge is 2.19. The lowest BCUT2D eigenvalue weighted by atomic mass is 10.3. The van der Waals surface area contributed by atoms with Crippen LogP contribution in [0, 0.1) is 6.92 Å². The third-order valence-electron chi connectivity index (χ3n) is 4.28. The third kappa shape index (κ3) is 3.74. The van der Waals surface area contributed by atoms with E-state index >= 15 is 0 Å². The van der Waals surface area contributed by atoms with Gasteiger partial charge in [-0.25, -0.2) is 4.68 Å². The minimum Gasteiger partial charge on any atom is -0.459 e. The molecule has 0 aliphatic rings. The van der Waals surface area contributed by atoms with Crippen LogP contribution >= 0.6 is 11.8 Å². The van der Waals surface area contributed by atoms with Crippen LogP contribution in [0.5, 0.6) is 0 Å². The number of thioether (sulfide) groups is 1. The van der Waals surface area contributed by atoms with Crippen LogP contribution in [0.3, 0.4) is 0 Å². The molecule has 0 aliphatic carbocycles. The molecule has 9 nitrogen and oxygen atoms in total. The summed E-state index contributed by atoms with van der Waals surface area (Å²) in [4.78, 5) is 25.2. The molecule has 1 aromatic carbocycles. The molecule has 0 bridgehead atoms. The molecule has 29 heavy (non-hydrogen) atoms. The Balaban J connectivity index is 1.46. The molecule has 0 spiro atoms. The van der Waals surface area contributed by atoms with Crippen molar-refractivity contribution in [3.05, 3.63) is 64.8 Å². The number of hydrogen-bond donors (Lipinski definition) is 1. The first-order chi connectivity index (χ1) is 14.0. The minimum absolute atomic E-state index is 0.0128. The number of nitrogens with one attached hydrogen (secondary N) is 1. The second-order valence-electron chi connectivity index (χ2n) is 6.12. The Morgan fingerprint density at radius 2 is 1.97 bits per heavy atom. The van der Waals surface area contributed by atoms with Gasteiger partial charge in [-0.15, -0.1) is 10.2 Å². The van der Waals surface area contributed by atoms with E-state index in [-0.39, 0.29) is 34.0 Å². The van der Waals surface area contributed by atoms with E-state index in [1.165, 1.54) is 10.9 Å². The number of aromatic nitrogens is 4. The van der Waals surface area contributed by atoms with Gasteiger partial charge in [0, 0.05) is 7.05 Å². The van der Waals surface area contributed by atoms with Crippen LogP contribution in [0.2, 0.25) is 0 Å². The van der Waals surface area contributed by atoms with Crippen molar-refractivity contribution in [2.24, 2.45) is 7.05 Å². The number of nitrogens with zero attached hydrogens (tertiary/aromatic N) is 4. The zero-order valence-electron chi connectivity index (χ0n) is 15.7. The largest absolute Gasteiger partial charge is 0.459 e. The number of carbonyl (C=O) groups is 1. The first-order valence-corrected chi connectivity index (χ1v) is 9.67. The molecule has 3 heterocycles. The lowest BCUT2D eigenvalue weighted by Gasteiger charge is -2.07. The smallest absolute Gasteiger partial charge is 0.295 e. The molecule has 0 aliphatic heterocycles. The summed E-state index contributed by atoms with van der Waals surface area (Å²) in [6.45, 7) is 1.78. The van der Waals surface area contributed by atoms with Crippen LogP contribution in [-0.2, 0) is 11.8 Å². The number of rotatable bonds is 6. The normalized spacial score (nSPS) is 11.0. The van der Waals surface area contributed by atoms with Crippen molar-refractivity contribution in [3.8, 4) is 17.3 Å². The fourth-order valence-corrected chi connectivity index (χ4v) is 3.35. The third-order valence-corrected chi connectivity index (χ3v) is 5.10. The molecule has 0 unspecified atom stereocenters. The van der Waals surface area contributed by atoms with Gasteiger partial charge in [0.1, 0.15) is 5.69 Å². The van der Waals surface area contributed by atoms with Crippen molar-refractivity contribution >= 4 is 23.4 Å². The highest BCUT2D eigenvalue weighted by Crippen LogP contribution is 2.23. The summed E-state index contributed by atoms with van der Waals surface area (Å²) in [5, 5.41) is 10.7. The van der Waals surface area contributed by atoms with E-state index < -0.39 is 0 Å². The topological polar surface area (TPSA) is 108 Å². The number of anilines is 1. The molecule has 3 aromatic heterocycles. The molecule has 0 atom stereocenters.